The zero-order chi connectivity index (χ0) is 39.3. The lowest BCUT2D eigenvalue weighted by Crippen LogP contribution is -2.57. The highest BCUT2D eigenvalue weighted by Gasteiger charge is 2.49. The molecule has 2 aromatic carbocycles. The van der Waals surface area contributed by atoms with Gasteiger partial charge in [0, 0.05) is 76.1 Å². The Bertz CT molecular complexity index is 2200. The van der Waals surface area contributed by atoms with E-state index in [4.69, 9.17) is 24.2 Å². The number of nitrogens with zero attached hydrogens (tertiary/aromatic N) is 8. The number of fused-ring (bicyclic) bond motifs is 5. The summed E-state index contributed by atoms with van der Waals surface area (Å²) in [4.78, 5) is 22.6. The number of ether oxygens (including phenoxy) is 3. The molecule has 0 amide bonds. The van der Waals surface area contributed by atoms with E-state index < -0.39 is 35.6 Å². The first-order valence-electron chi connectivity index (χ1n) is 20.2. The maximum atomic E-state index is 17.1. The van der Waals surface area contributed by atoms with Crippen molar-refractivity contribution in [1.29, 1.82) is 5.26 Å². The van der Waals surface area contributed by atoms with Crippen molar-refractivity contribution in [2.24, 2.45) is 0 Å². The molecule has 5 saturated heterocycles. The molecule has 9 rings (SSSR count). The minimum absolute atomic E-state index is 0.00808. The third kappa shape index (κ3) is 7.01. The number of benzene rings is 2. The summed E-state index contributed by atoms with van der Waals surface area (Å²) in [6, 6.07) is 14.1. The van der Waals surface area contributed by atoms with Crippen LogP contribution in [0.25, 0.3) is 32.9 Å². The van der Waals surface area contributed by atoms with Gasteiger partial charge in [0.25, 0.3) is 0 Å². The van der Waals surface area contributed by atoms with Gasteiger partial charge in [-0.05, 0) is 61.6 Å². The van der Waals surface area contributed by atoms with Crippen molar-refractivity contribution in [3.8, 4) is 23.3 Å². The predicted octanol–water partition coefficient (Wildman–Crippen LogP) is 6.34. The smallest absolute Gasteiger partial charge is 0.319 e. The number of nitriles is 1. The number of aromatic nitrogens is 3. The molecule has 14 heteroatoms. The second-order valence-corrected chi connectivity index (χ2v) is 16.4. The van der Waals surface area contributed by atoms with Crippen molar-refractivity contribution in [1.82, 2.24) is 29.7 Å². The van der Waals surface area contributed by atoms with Crippen LogP contribution in [0.3, 0.4) is 0 Å². The van der Waals surface area contributed by atoms with Gasteiger partial charge in [-0.25, -0.2) is 13.2 Å². The van der Waals surface area contributed by atoms with Crippen molar-refractivity contribution < 1.29 is 27.4 Å². The van der Waals surface area contributed by atoms with E-state index in [0.717, 1.165) is 48.6 Å². The fourth-order valence-electron chi connectivity index (χ4n) is 10.3. The molecule has 5 aliphatic rings. The molecule has 2 aromatic heterocycles. The van der Waals surface area contributed by atoms with Crippen molar-refractivity contribution in [2.45, 2.75) is 81.5 Å². The van der Waals surface area contributed by atoms with Crippen molar-refractivity contribution in [3.63, 3.8) is 0 Å². The Morgan fingerprint density at radius 1 is 1.11 bits per heavy atom. The van der Waals surface area contributed by atoms with E-state index in [0.29, 0.717) is 74.7 Å². The number of rotatable bonds is 11. The average molecular weight is 783 g/mol. The summed E-state index contributed by atoms with van der Waals surface area (Å²) in [6.45, 7) is 6.15. The third-order valence-corrected chi connectivity index (χ3v) is 13.0. The maximum absolute atomic E-state index is 17.1. The summed E-state index contributed by atoms with van der Waals surface area (Å²) >= 11 is 0. The van der Waals surface area contributed by atoms with Crippen LogP contribution in [0.4, 0.5) is 19.0 Å². The Kier molecular flexibility index (Phi) is 10.5. The second-order valence-electron chi connectivity index (χ2n) is 16.4. The van der Waals surface area contributed by atoms with Crippen LogP contribution in [0, 0.1) is 24.1 Å². The minimum atomic E-state index is -0.976. The van der Waals surface area contributed by atoms with Gasteiger partial charge < -0.3 is 19.1 Å². The quantitative estimate of drug-likeness (QED) is 0.170. The molecular formula is C43H49F3N8O3. The lowest BCUT2D eigenvalue weighted by atomic mass is 9.95. The van der Waals surface area contributed by atoms with E-state index in [1.807, 2.05) is 53.1 Å². The Morgan fingerprint density at radius 2 is 1.91 bits per heavy atom. The van der Waals surface area contributed by atoms with Gasteiger partial charge in [0.05, 0.1) is 36.6 Å². The summed E-state index contributed by atoms with van der Waals surface area (Å²) in [5, 5.41) is 12.2. The van der Waals surface area contributed by atoms with Gasteiger partial charge in [-0.3, -0.25) is 19.7 Å². The zero-order valence-corrected chi connectivity index (χ0v) is 32.5. The first-order chi connectivity index (χ1) is 27.8. The lowest BCUT2D eigenvalue weighted by Gasteiger charge is -2.44. The highest BCUT2D eigenvalue weighted by atomic mass is 19.1. The van der Waals surface area contributed by atoms with Crippen LogP contribution >= 0.6 is 0 Å². The van der Waals surface area contributed by atoms with E-state index in [9.17, 15) is 9.65 Å². The van der Waals surface area contributed by atoms with Crippen LogP contribution in [0.1, 0.15) is 44.1 Å². The highest BCUT2D eigenvalue weighted by molar-refractivity contribution is 6.00. The highest BCUT2D eigenvalue weighted by Crippen LogP contribution is 2.41. The summed E-state index contributed by atoms with van der Waals surface area (Å²) in [5.74, 6) is -0.587. The van der Waals surface area contributed by atoms with Gasteiger partial charge in [0.15, 0.2) is 12.0 Å². The second kappa shape index (κ2) is 15.8. The number of methoxy groups -OCH3 is 1. The van der Waals surface area contributed by atoms with Crippen LogP contribution in [0.15, 0.2) is 54.5 Å². The molecule has 5 aliphatic heterocycles. The number of hydrogen-bond acceptors (Lipinski definition) is 11. The molecule has 0 N–H and O–H groups in total. The van der Waals surface area contributed by atoms with Crippen LogP contribution < -0.4 is 9.64 Å². The monoisotopic (exact) mass is 782 g/mol. The number of pyridine rings is 1. The molecule has 300 valence electrons. The summed E-state index contributed by atoms with van der Waals surface area (Å²) in [6.07, 6.45) is 5.61. The molecule has 6 atom stereocenters. The van der Waals surface area contributed by atoms with Crippen LogP contribution in [0.2, 0.25) is 0 Å². The molecule has 0 aliphatic carbocycles. The molecular weight excluding hydrogens is 734 g/mol. The molecule has 5 fully saturated rings. The van der Waals surface area contributed by atoms with Gasteiger partial charge in [-0.15, -0.1) is 0 Å². The third-order valence-electron chi connectivity index (χ3n) is 13.0. The Labute approximate surface area is 331 Å². The summed E-state index contributed by atoms with van der Waals surface area (Å²) in [7, 11) is 1.48. The van der Waals surface area contributed by atoms with Gasteiger partial charge in [-0.2, -0.15) is 15.2 Å². The minimum Gasteiger partial charge on any atom is -0.461 e. The van der Waals surface area contributed by atoms with Crippen LogP contribution in [0.5, 0.6) is 6.01 Å². The van der Waals surface area contributed by atoms with Crippen LogP contribution in [-0.2, 0) is 9.47 Å². The Hall–Kier alpha value is -4.39. The van der Waals surface area contributed by atoms with Crippen molar-refractivity contribution in [2.75, 3.05) is 71.1 Å². The van der Waals surface area contributed by atoms with E-state index in [2.05, 4.69) is 20.9 Å². The normalized spacial score (nSPS) is 27.6. The average Bonchev–Trinajstić information content (AvgIpc) is 3.82. The molecule has 4 aromatic rings. The van der Waals surface area contributed by atoms with Gasteiger partial charge in [-0.1, -0.05) is 36.4 Å². The number of morpholine rings is 1. The molecule has 11 nitrogen and oxygen atoms in total. The molecule has 0 saturated carbocycles. The fourth-order valence-corrected chi connectivity index (χ4v) is 10.3. The van der Waals surface area contributed by atoms with Crippen molar-refractivity contribution in [3.05, 3.63) is 65.9 Å². The molecule has 0 spiro atoms. The van der Waals surface area contributed by atoms with Crippen LogP contribution in [-0.4, -0.2) is 132 Å². The van der Waals surface area contributed by atoms with E-state index >= 15 is 8.78 Å². The van der Waals surface area contributed by atoms with Gasteiger partial charge in [0.1, 0.15) is 35.6 Å². The lowest BCUT2D eigenvalue weighted by molar-refractivity contribution is -0.0476. The van der Waals surface area contributed by atoms with Crippen molar-refractivity contribution >= 4 is 27.5 Å². The molecule has 2 bridgehead atoms. The molecule has 0 radical (unpaired) electrons. The zero-order valence-electron chi connectivity index (χ0n) is 32.5. The topological polar surface area (TPSA) is 103 Å². The van der Waals surface area contributed by atoms with Gasteiger partial charge >= 0.3 is 6.01 Å². The summed E-state index contributed by atoms with van der Waals surface area (Å²) < 4.78 is 65.7. The Morgan fingerprint density at radius 3 is 2.70 bits per heavy atom. The van der Waals surface area contributed by atoms with E-state index in [1.165, 1.54) is 7.11 Å². The number of alkyl halides is 1. The standard InChI is InChI=1S/C43H49F3N8O3/c1-27-6-3-7-28-8-4-9-33(36(27)28)38-37(46)39-34(21-48-38)40(50-42(49-39)57-26-43-14-5-16-52(43)22-29(44)20-43)51-18-19-54(30(23-51)12-15-47)41(55-2)35(45)13-17-53-31-10-11-32(53)25-56-24-31/h3-4,6-9,13,21,29-32,41H,5,10-12,14,16-20,22-26H2,1-2H3/b35-13-/t29-,30+,31-,32+,41?,43+/m1/s1. The summed E-state index contributed by atoms with van der Waals surface area (Å²) in [5.41, 5.74) is 1.41. The largest absolute Gasteiger partial charge is 0.461 e. The number of halogens is 3. The fraction of sp³-hybridized carbons (Fsp3) is 0.535. The Balaban J connectivity index is 1.05. The number of anilines is 1. The number of piperazine rings is 1. The van der Waals surface area contributed by atoms with Gasteiger partial charge in [0.2, 0.25) is 0 Å². The van der Waals surface area contributed by atoms with E-state index in [-0.39, 0.29) is 36.8 Å². The SMILES string of the molecule is COC(/C(F)=C/CN1[C@@H]2CC[C@H]1COC2)N1CCN(c2nc(OC[C@@]34CCCN3C[C@H](F)C4)nc3c(F)c(-c4cccc5cccc(C)c45)ncc23)C[C@@H]1CC#N. The number of aryl methyl sites for hydroxylation is 1. The molecule has 7 heterocycles. The first kappa shape index (κ1) is 38.1. The molecule has 57 heavy (non-hydrogen) atoms. The van der Waals surface area contributed by atoms with E-state index in [1.54, 1.807) is 12.3 Å². The maximum Gasteiger partial charge on any atom is 0.319 e. The first-order valence-corrected chi connectivity index (χ1v) is 20.2. The number of hydrogen-bond donors (Lipinski definition) is 0. The molecule has 1 unspecified atom stereocenters. The predicted molar refractivity (Wildman–Crippen MR) is 211 cm³/mol.